The van der Waals surface area contributed by atoms with Crippen molar-refractivity contribution in [1.82, 2.24) is 4.40 Å². The summed E-state index contributed by atoms with van der Waals surface area (Å²) in [5.74, 6) is 1.79. The Labute approximate surface area is 351 Å². The number of rotatable bonds is 8. The van der Waals surface area contributed by atoms with Crippen LogP contribution < -0.4 is 4.90 Å². The van der Waals surface area contributed by atoms with Gasteiger partial charge in [-0.05, 0) is 90.6 Å². The molecule has 0 unspecified atom stereocenters. The van der Waals surface area contributed by atoms with Crippen LogP contribution in [0.2, 0.25) is 0 Å². The van der Waals surface area contributed by atoms with E-state index in [1.165, 1.54) is 65.9 Å². The molecule has 0 saturated heterocycles. The third kappa shape index (κ3) is 5.96. The molecule has 0 amide bonds. The fourth-order valence-corrected chi connectivity index (χ4v) is 9.33. The second-order valence-corrected chi connectivity index (χ2v) is 15.1. The van der Waals surface area contributed by atoms with E-state index >= 15 is 0 Å². The first-order valence-corrected chi connectivity index (χ1v) is 21.1. The Kier molecular flexibility index (Phi) is 9.50. The van der Waals surface area contributed by atoms with Crippen LogP contribution in [-0.4, -0.2) is 4.40 Å². The van der Waals surface area contributed by atoms with Gasteiger partial charge in [-0.2, -0.15) is 0 Å². The van der Waals surface area contributed by atoms with Crippen LogP contribution in [0.15, 0.2) is 187 Å². The molecule has 0 atom stereocenters. The first-order chi connectivity index (χ1) is 29.7. The average Bonchev–Trinajstić information content (AvgIpc) is 3.98. The molecule has 0 saturated carbocycles. The molecule has 0 aliphatic heterocycles. The summed E-state index contributed by atoms with van der Waals surface area (Å²) in [6.45, 7) is 10.1. The second kappa shape index (κ2) is 15.4. The number of anilines is 3. The molecular formula is C57H46N2O. The van der Waals surface area contributed by atoms with E-state index in [0.29, 0.717) is 0 Å². The zero-order valence-electron chi connectivity index (χ0n) is 34.3. The highest BCUT2D eigenvalue weighted by atomic mass is 16.3. The SMILES string of the molecule is C=Cc1oc2c(c1/C=C\C)CCC=C2c1ccc(N(c2ccc(-c3ccccc3)cc2)c2ccc(-c3cccc4c5cccc6c7ccccc7n(c34)c65)cc2)cc1.CC. The zero-order valence-corrected chi connectivity index (χ0v) is 34.3. The summed E-state index contributed by atoms with van der Waals surface area (Å²) in [5.41, 5.74) is 16.5. The Balaban J connectivity index is 0.00000213. The normalized spacial score (nSPS) is 12.6. The molecule has 1 aliphatic rings. The number of fused-ring (bicyclic) bond motifs is 7. The third-order valence-corrected chi connectivity index (χ3v) is 11.9. The predicted molar refractivity (Wildman–Crippen MR) is 257 cm³/mol. The summed E-state index contributed by atoms with van der Waals surface area (Å²) in [6.07, 6.45) is 10.3. The molecule has 1 aliphatic carbocycles. The van der Waals surface area contributed by atoms with Crippen molar-refractivity contribution in [1.29, 1.82) is 0 Å². The lowest BCUT2D eigenvalue weighted by atomic mass is 9.90. The van der Waals surface area contributed by atoms with Crippen molar-refractivity contribution < 1.29 is 4.42 Å². The van der Waals surface area contributed by atoms with Crippen molar-refractivity contribution in [2.75, 3.05) is 4.90 Å². The minimum absolute atomic E-state index is 0.834. The van der Waals surface area contributed by atoms with Gasteiger partial charge in [0.1, 0.15) is 11.5 Å². The average molecular weight is 775 g/mol. The Bertz CT molecular complexity index is 3210. The van der Waals surface area contributed by atoms with Gasteiger partial charge in [-0.1, -0.05) is 160 Å². The Morgan fingerprint density at radius 3 is 1.78 bits per heavy atom. The van der Waals surface area contributed by atoms with Crippen molar-refractivity contribution in [3.8, 4) is 22.3 Å². The van der Waals surface area contributed by atoms with Crippen LogP contribution in [0.25, 0.3) is 78.1 Å². The van der Waals surface area contributed by atoms with Gasteiger partial charge in [0.05, 0.1) is 16.6 Å². The maximum Gasteiger partial charge on any atom is 0.138 e. The second-order valence-electron chi connectivity index (χ2n) is 15.1. The molecule has 0 bridgehead atoms. The third-order valence-electron chi connectivity index (χ3n) is 11.9. The monoisotopic (exact) mass is 774 g/mol. The van der Waals surface area contributed by atoms with Gasteiger partial charge in [0, 0.05) is 60.9 Å². The van der Waals surface area contributed by atoms with Crippen molar-refractivity contribution in [3.63, 3.8) is 0 Å². The number of benzene rings is 7. The molecule has 0 fully saturated rings. The standard InChI is InChI=1S/C55H40N2O.C2H6/c1-3-13-46-50-22-11-18-44(55(50)58-52(46)4-2)39-28-34-42(35-29-39)56(40-30-24-37(25-31-40)36-14-6-5-7-15-36)41-32-26-38(27-33-41)43-17-10-20-48-49-21-12-19-47-45-16-8-9-23-51(45)57(53(43)48)54(47)49;1-2/h3-10,12-21,23-35H,2,11,22H2,1H3;1-2H3/b13-3-;. The molecule has 3 nitrogen and oxygen atoms in total. The maximum atomic E-state index is 6.45. The van der Waals surface area contributed by atoms with E-state index in [2.05, 4.69) is 198 Å². The summed E-state index contributed by atoms with van der Waals surface area (Å²) in [7, 11) is 0. The molecule has 0 radical (unpaired) electrons. The molecular weight excluding hydrogens is 729 g/mol. The quantitative estimate of drug-likeness (QED) is 0.153. The first kappa shape index (κ1) is 36.9. The van der Waals surface area contributed by atoms with Crippen LogP contribution in [0.4, 0.5) is 17.1 Å². The van der Waals surface area contributed by atoms with Gasteiger partial charge in [-0.3, -0.25) is 0 Å². The Hall–Kier alpha value is -7.36. The van der Waals surface area contributed by atoms with Crippen molar-refractivity contribution in [3.05, 3.63) is 211 Å². The fraction of sp³-hybridized carbons (Fsp3) is 0.0877. The molecule has 7 aromatic carbocycles. The molecule has 11 rings (SSSR count). The minimum atomic E-state index is 0.834. The summed E-state index contributed by atoms with van der Waals surface area (Å²) in [6, 6.07) is 59.7. The zero-order chi connectivity index (χ0) is 40.7. The van der Waals surface area contributed by atoms with E-state index in [4.69, 9.17) is 4.42 Å². The van der Waals surface area contributed by atoms with Crippen LogP contribution in [0.1, 0.15) is 55.4 Å². The number of hydrogen-bond acceptors (Lipinski definition) is 2. The predicted octanol–water partition coefficient (Wildman–Crippen LogP) is 16.3. The van der Waals surface area contributed by atoms with E-state index in [9.17, 15) is 0 Å². The molecule has 60 heavy (non-hydrogen) atoms. The smallest absolute Gasteiger partial charge is 0.138 e. The molecule has 10 aromatic rings. The Morgan fingerprint density at radius 1 is 0.567 bits per heavy atom. The largest absolute Gasteiger partial charge is 0.456 e. The van der Waals surface area contributed by atoms with Gasteiger partial charge in [0.2, 0.25) is 0 Å². The summed E-state index contributed by atoms with van der Waals surface area (Å²) in [4.78, 5) is 2.35. The lowest BCUT2D eigenvalue weighted by Gasteiger charge is -2.26. The number of aromatic nitrogens is 1. The van der Waals surface area contributed by atoms with Crippen LogP contribution >= 0.6 is 0 Å². The number of furan rings is 1. The highest BCUT2D eigenvalue weighted by Gasteiger charge is 2.24. The molecule has 3 aromatic heterocycles. The van der Waals surface area contributed by atoms with Crippen molar-refractivity contribution in [2.45, 2.75) is 33.6 Å². The molecule has 3 heterocycles. The summed E-state index contributed by atoms with van der Waals surface area (Å²) in [5, 5.41) is 5.17. The Morgan fingerprint density at radius 2 is 1.12 bits per heavy atom. The van der Waals surface area contributed by atoms with Crippen molar-refractivity contribution in [2.24, 2.45) is 0 Å². The lowest BCUT2D eigenvalue weighted by molar-refractivity contribution is 0.538. The van der Waals surface area contributed by atoms with Crippen LogP contribution in [0.3, 0.4) is 0 Å². The van der Waals surface area contributed by atoms with E-state index in [1.807, 2.05) is 26.8 Å². The summed E-state index contributed by atoms with van der Waals surface area (Å²) < 4.78 is 8.93. The molecule has 290 valence electrons. The van der Waals surface area contributed by atoms with Gasteiger partial charge >= 0.3 is 0 Å². The highest BCUT2D eigenvalue weighted by molar-refractivity contribution is 6.25. The topological polar surface area (TPSA) is 20.8 Å². The van der Waals surface area contributed by atoms with Gasteiger partial charge < -0.3 is 13.7 Å². The lowest BCUT2D eigenvalue weighted by Crippen LogP contribution is -2.10. The minimum Gasteiger partial charge on any atom is -0.456 e. The number of nitrogens with zero attached hydrogens (tertiary/aromatic N) is 2. The molecule has 3 heteroatoms. The maximum absolute atomic E-state index is 6.45. The first-order valence-electron chi connectivity index (χ1n) is 21.1. The van der Waals surface area contributed by atoms with E-state index in [1.54, 1.807) is 0 Å². The highest BCUT2D eigenvalue weighted by Crippen LogP contribution is 2.44. The van der Waals surface area contributed by atoms with Crippen molar-refractivity contribution >= 4 is 72.9 Å². The fourth-order valence-electron chi connectivity index (χ4n) is 9.33. The van der Waals surface area contributed by atoms with Crippen LogP contribution in [0, 0.1) is 0 Å². The van der Waals surface area contributed by atoms with Gasteiger partial charge in [-0.15, -0.1) is 0 Å². The van der Waals surface area contributed by atoms with E-state index in [0.717, 1.165) is 58.1 Å². The van der Waals surface area contributed by atoms with Gasteiger partial charge in [0.15, 0.2) is 0 Å². The van der Waals surface area contributed by atoms with Gasteiger partial charge in [0.25, 0.3) is 0 Å². The van der Waals surface area contributed by atoms with E-state index < -0.39 is 0 Å². The number of para-hydroxylation sites is 3. The molecule has 0 N–H and O–H groups in total. The molecule has 0 spiro atoms. The van der Waals surface area contributed by atoms with Gasteiger partial charge in [-0.25, -0.2) is 0 Å². The van der Waals surface area contributed by atoms with Crippen LogP contribution in [0.5, 0.6) is 0 Å². The van der Waals surface area contributed by atoms with Crippen LogP contribution in [-0.2, 0) is 6.42 Å². The van der Waals surface area contributed by atoms with E-state index in [-0.39, 0.29) is 0 Å². The summed E-state index contributed by atoms with van der Waals surface area (Å²) >= 11 is 0. The number of allylic oxidation sites excluding steroid dienone is 2. The number of hydrogen-bond donors (Lipinski definition) is 0.